The van der Waals surface area contributed by atoms with Gasteiger partial charge in [-0.2, -0.15) is 0 Å². The second-order valence-electron chi connectivity index (χ2n) is 5.62. The van der Waals surface area contributed by atoms with Crippen molar-refractivity contribution in [2.24, 2.45) is 0 Å². The molecule has 7 heteroatoms. The van der Waals surface area contributed by atoms with Crippen molar-refractivity contribution >= 4 is 23.4 Å². The zero-order valence-corrected chi connectivity index (χ0v) is 15.1. The van der Waals surface area contributed by atoms with Crippen LogP contribution >= 0.6 is 0 Å². The lowest BCUT2D eigenvalue weighted by Crippen LogP contribution is -2.43. The van der Waals surface area contributed by atoms with Gasteiger partial charge in [0.05, 0.1) is 20.2 Å². The van der Waals surface area contributed by atoms with Crippen molar-refractivity contribution in [3.05, 3.63) is 24.3 Å². The summed E-state index contributed by atoms with van der Waals surface area (Å²) >= 11 is 0. The molecule has 0 aliphatic rings. The maximum absolute atomic E-state index is 12.0. The zero-order valence-electron chi connectivity index (χ0n) is 15.1. The monoisotopic (exact) mass is 349 g/mol. The number of hydrogen-bond acceptors (Lipinski definition) is 4. The normalized spacial score (nSPS) is 10.0. The van der Waals surface area contributed by atoms with Crippen LogP contribution < -0.4 is 15.4 Å². The number of methoxy groups -OCH3 is 1. The molecular formula is C18H27N3O4. The summed E-state index contributed by atoms with van der Waals surface area (Å²) in [6, 6.07) is 6.89. The number of rotatable bonds is 10. The number of benzene rings is 1. The molecule has 2 N–H and O–H groups in total. The standard InChI is InChI=1S/C18H27N3O4/c1-4-6-18(24)21(11-5-2)13-17(23)19-12-16(22)20-14-7-9-15(25-3)10-8-14/h7-10H,4-6,11-13H2,1-3H3,(H,19,23)(H,20,22). The Bertz CT molecular complexity index is 572. The predicted octanol–water partition coefficient (Wildman–Crippen LogP) is 1.79. The fourth-order valence-corrected chi connectivity index (χ4v) is 2.22. The largest absolute Gasteiger partial charge is 0.497 e. The number of amides is 3. The van der Waals surface area contributed by atoms with Gasteiger partial charge in [-0.1, -0.05) is 13.8 Å². The maximum Gasteiger partial charge on any atom is 0.243 e. The van der Waals surface area contributed by atoms with Crippen molar-refractivity contribution < 1.29 is 19.1 Å². The Balaban J connectivity index is 2.42. The van der Waals surface area contributed by atoms with Gasteiger partial charge in [-0.05, 0) is 37.1 Å². The molecule has 1 rings (SSSR count). The Kier molecular flexibility index (Phi) is 9.06. The van der Waals surface area contributed by atoms with Gasteiger partial charge in [0.15, 0.2) is 0 Å². The van der Waals surface area contributed by atoms with E-state index in [1.807, 2.05) is 13.8 Å². The highest BCUT2D eigenvalue weighted by atomic mass is 16.5. The maximum atomic E-state index is 12.0. The minimum absolute atomic E-state index is 0.0253. The van der Waals surface area contributed by atoms with E-state index in [1.54, 1.807) is 31.4 Å². The first kappa shape index (κ1) is 20.5. The van der Waals surface area contributed by atoms with Gasteiger partial charge >= 0.3 is 0 Å². The molecule has 138 valence electrons. The first-order valence-electron chi connectivity index (χ1n) is 8.48. The highest BCUT2D eigenvalue weighted by Crippen LogP contribution is 2.14. The lowest BCUT2D eigenvalue weighted by atomic mass is 10.2. The van der Waals surface area contributed by atoms with Crippen LogP contribution in [0.1, 0.15) is 33.1 Å². The second kappa shape index (κ2) is 11.1. The summed E-state index contributed by atoms with van der Waals surface area (Å²) in [6.07, 6.45) is 1.94. The van der Waals surface area contributed by atoms with E-state index < -0.39 is 0 Å². The molecular weight excluding hydrogens is 322 g/mol. The first-order valence-corrected chi connectivity index (χ1v) is 8.48. The van der Waals surface area contributed by atoms with E-state index in [-0.39, 0.29) is 30.8 Å². The molecule has 25 heavy (non-hydrogen) atoms. The van der Waals surface area contributed by atoms with Gasteiger partial charge in [-0.25, -0.2) is 0 Å². The third-order valence-corrected chi connectivity index (χ3v) is 3.46. The van der Waals surface area contributed by atoms with Crippen LogP contribution in [0.2, 0.25) is 0 Å². The van der Waals surface area contributed by atoms with Gasteiger partial charge in [0.1, 0.15) is 5.75 Å². The summed E-state index contributed by atoms with van der Waals surface area (Å²) < 4.78 is 5.04. The van der Waals surface area contributed by atoms with Crippen LogP contribution in [0.15, 0.2) is 24.3 Å². The van der Waals surface area contributed by atoms with Crippen LogP contribution in [0.4, 0.5) is 5.69 Å². The summed E-state index contributed by atoms with van der Waals surface area (Å²) in [5, 5.41) is 5.22. The minimum Gasteiger partial charge on any atom is -0.497 e. The number of nitrogens with one attached hydrogen (secondary N) is 2. The SMILES string of the molecule is CCCC(=O)N(CCC)CC(=O)NCC(=O)Nc1ccc(OC)cc1. The molecule has 1 aromatic rings. The highest BCUT2D eigenvalue weighted by molar-refractivity contribution is 5.95. The summed E-state index contributed by atoms with van der Waals surface area (Å²) in [5.74, 6) is -0.0236. The van der Waals surface area contributed by atoms with Crippen molar-refractivity contribution in [1.82, 2.24) is 10.2 Å². The topological polar surface area (TPSA) is 87.7 Å². The number of carbonyl (C=O) groups is 3. The summed E-state index contributed by atoms with van der Waals surface area (Å²) in [7, 11) is 1.57. The Morgan fingerprint density at radius 2 is 1.72 bits per heavy atom. The average Bonchev–Trinajstić information content (AvgIpc) is 2.60. The smallest absolute Gasteiger partial charge is 0.243 e. The van der Waals surface area contributed by atoms with Crippen molar-refractivity contribution in [1.29, 1.82) is 0 Å². The average molecular weight is 349 g/mol. The molecule has 0 bridgehead atoms. The second-order valence-corrected chi connectivity index (χ2v) is 5.62. The van der Waals surface area contributed by atoms with E-state index in [1.165, 1.54) is 4.90 Å². The van der Waals surface area contributed by atoms with Crippen LogP contribution in [0, 0.1) is 0 Å². The molecule has 0 saturated carbocycles. The van der Waals surface area contributed by atoms with Crippen LogP contribution in [-0.4, -0.2) is 49.4 Å². The van der Waals surface area contributed by atoms with Gasteiger partial charge in [-0.15, -0.1) is 0 Å². The van der Waals surface area contributed by atoms with E-state index >= 15 is 0 Å². The van der Waals surface area contributed by atoms with E-state index in [2.05, 4.69) is 10.6 Å². The molecule has 0 aromatic heterocycles. The molecule has 0 saturated heterocycles. The number of carbonyl (C=O) groups excluding carboxylic acids is 3. The van der Waals surface area contributed by atoms with Gasteiger partial charge in [0.2, 0.25) is 17.7 Å². The van der Waals surface area contributed by atoms with Crippen LogP contribution in [0.25, 0.3) is 0 Å². The van der Waals surface area contributed by atoms with Gasteiger partial charge in [-0.3, -0.25) is 14.4 Å². The van der Waals surface area contributed by atoms with Crippen molar-refractivity contribution in [2.75, 3.05) is 32.1 Å². The van der Waals surface area contributed by atoms with Crippen LogP contribution in [0.5, 0.6) is 5.75 Å². The fourth-order valence-electron chi connectivity index (χ4n) is 2.22. The summed E-state index contributed by atoms with van der Waals surface area (Å²) in [4.78, 5) is 37.3. The molecule has 0 spiro atoms. The van der Waals surface area contributed by atoms with Gasteiger partial charge in [0.25, 0.3) is 0 Å². The molecule has 7 nitrogen and oxygen atoms in total. The molecule has 1 aromatic carbocycles. The molecule has 0 heterocycles. The lowest BCUT2D eigenvalue weighted by molar-refractivity contribution is -0.136. The van der Waals surface area contributed by atoms with E-state index in [4.69, 9.17) is 4.74 Å². The van der Waals surface area contributed by atoms with Crippen LogP contribution in [0.3, 0.4) is 0 Å². The molecule has 0 radical (unpaired) electrons. The van der Waals surface area contributed by atoms with Crippen molar-refractivity contribution in [2.45, 2.75) is 33.1 Å². The predicted molar refractivity (Wildman–Crippen MR) is 96.4 cm³/mol. The molecule has 0 fully saturated rings. The van der Waals surface area contributed by atoms with Gasteiger partial charge in [0, 0.05) is 18.7 Å². The molecule has 0 aliphatic heterocycles. The quantitative estimate of drug-likeness (QED) is 0.674. The third-order valence-electron chi connectivity index (χ3n) is 3.46. The van der Waals surface area contributed by atoms with Crippen molar-refractivity contribution in [3.63, 3.8) is 0 Å². The number of ether oxygens (including phenoxy) is 1. The summed E-state index contributed by atoms with van der Waals surface area (Å²) in [6.45, 7) is 4.23. The van der Waals surface area contributed by atoms with Crippen LogP contribution in [-0.2, 0) is 14.4 Å². The van der Waals surface area contributed by atoms with E-state index in [0.717, 1.165) is 12.8 Å². The Hall–Kier alpha value is -2.57. The number of hydrogen-bond donors (Lipinski definition) is 2. The Labute approximate surface area is 148 Å². The molecule has 0 unspecified atom stereocenters. The molecule has 3 amide bonds. The Morgan fingerprint density at radius 1 is 1.04 bits per heavy atom. The highest BCUT2D eigenvalue weighted by Gasteiger charge is 2.16. The minimum atomic E-state index is -0.345. The number of nitrogens with zero attached hydrogens (tertiary/aromatic N) is 1. The fraction of sp³-hybridized carbons (Fsp3) is 0.500. The first-order chi connectivity index (χ1) is 12.0. The van der Waals surface area contributed by atoms with Crippen molar-refractivity contribution in [3.8, 4) is 5.75 Å². The summed E-state index contributed by atoms with van der Waals surface area (Å²) in [5.41, 5.74) is 0.616. The van der Waals surface area contributed by atoms with E-state index in [0.29, 0.717) is 24.4 Å². The molecule has 0 aliphatic carbocycles. The Morgan fingerprint density at radius 3 is 2.28 bits per heavy atom. The molecule has 0 atom stereocenters. The lowest BCUT2D eigenvalue weighted by Gasteiger charge is -2.21. The number of anilines is 1. The third kappa shape index (κ3) is 7.69. The zero-order chi connectivity index (χ0) is 18.7. The van der Waals surface area contributed by atoms with Gasteiger partial charge < -0.3 is 20.3 Å². The van der Waals surface area contributed by atoms with E-state index in [9.17, 15) is 14.4 Å².